The molecule has 1 aromatic carbocycles. The van der Waals surface area contributed by atoms with E-state index < -0.39 is 0 Å². The molecule has 3 rings (SSSR count). The topological polar surface area (TPSA) is 81.9 Å². The molecule has 7 heteroatoms. The lowest BCUT2D eigenvalue weighted by atomic mass is 9.93. The van der Waals surface area contributed by atoms with Gasteiger partial charge in [0, 0.05) is 24.3 Å². The summed E-state index contributed by atoms with van der Waals surface area (Å²) >= 11 is 0. The number of methoxy groups -OCH3 is 1. The zero-order chi connectivity index (χ0) is 16.2. The molecule has 0 aliphatic heterocycles. The highest BCUT2D eigenvalue weighted by atomic mass is 16.5. The molecule has 1 saturated carbocycles. The van der Waals surface area contributed by atoms with E-state index in [1.54, 1.807) is 26.3 Å². The first-order chi connectivity index (χ1) is 11.2. The largest absolute Gasteiger partial charge is 0.381 e. The Kier molecular flexibility index (Phi) is 4.66. The van der Waals surface area contributed by atoms with Crippen LogP contribution in [0.5, 0.6) is 0 Å². The summed E-state index contributed by atoms with van der Waals surface area (Å²) in [5.41, 5.74) is 1.49. The van der Waals surface area contributed by atoms with Gasteiger partial charge in [-0.05, 0) is 43.0 Å². The highest BCUT2D eigenvalue weighted by molar-refractivity contribution is 5.94. The van der Waals surface area contributed by atoms with Crippen molar-refractivity contribution in [3.63, 3.8) is 0 Å². The van der Waals surface area contributed by atoms with Crippen molar-refractivity contribution in [1.29, 1.82) is 0 Å². The van der Waals surface area contributed by atoms with E-state index in [1.807, 2.05) is 12.1 Å². The number of amides is 1. The average Bonchev–Trinajstić information content (AvgIpc) is 3.02. The van der Waals surface area contributed by atoms with Crippen molar-refractivity contribution in [3.8, 4) is 11.4 Å². The molecule has 1 N–H and O–H groups in total. The Morgan fingerprint density at radius 1 is 1.22 bits per heavy atom. The van der Waals surface area contributed by atoms with E-state index >= 15 is 0 Å². The molecular weight excluding hydrogens is 294 g/mol. The SMILES string of the molecule is COC1CCC(NC(=O)c2ccc(-c3nnn(C)n3)cc2)CC1. The Hall–Kier alpha value is -2.28. The molecule has 0 unspecified atom stereocenters. The second kappa shape index (κ2) is 6.87. The Morgan fingerprint density at radius 3 is 2.48 bits per heavy atom. The number of hydrogen-bond donors (Lipinski definition) is 1. The van der Waals surface area contributed by atoms with Crippen LogP contribution in [-0.4, -0.2) is 45.4 Å². The molecule has 2 aromatic rings. The van der Waals surface area contributed by atoms with E-state index in [0.717, 1.165) is 31.2 Å². The predicted molar refractivity (Wildman–Crippen MR) is 84.8 cm³/mol. The number of ether oxygens (including phenoxy) is 1. The number of aromatic nitrogens is 4. The molecule has 1 heterocycles. The molecule has 0 bridgehead atoms. The van der Waals surface area contributed by atoms with Gasteiger partial charge in [-0.3, -0.25) is 4.79 Å². The minimum atomic E-state index is -0.0375. The monoisotopic (exact) mass is 315 g/mol. The van der Waals surface area contributed by atoms with Crippen LogP contribution >= 0.6 is 0 Å². The van der Waals surface area contributed by atoms with Crippen molar-refractivity contribution in [1.82, 2.24) is 25.5 Å². The summed E-state index contributed by atoms with van der Waals surface area (Å²) in [7, 11) is 3.47. The summed E-state index contributed by atoms with van der Waals surface area (Å²) < 4.78 is 5.35. The fourth-order valence-corrected chi connectivity index (χ4v) is 2.88. The first-order valence-corrected chi connectivity index (χ1v) is 7.84. The zero-order valence-corrected chi connectivity index (χ0v) is 13.4. The third-order valence-electron chi connectivity index (χ3n) is 4.26. The minimum absolute atomic E-state index is 0.0375. The lowest BCUT2D eigenvalue weighted by molar-refractivity contribution is 0.0599. The first-order valence-electron chi connectivity index (χ1n) is 7.84. The van der Waals surface area contributed by atoms with Crippen LogP contribution in [0.1, 0.15) is 36.0 Å². The summed E-state index contributed by atoms with van der Waals surface area (Å²) in [4.78, 5) is 13.7. The van der Waals surface area contributed by atoms with Crippen molar-refractivity contribution >= 4 is 5.91 Å². The van der Waals surface area contributed by atoms with Gasteiger partial charge in [0.1, 0.15) is 0 Å². The predicted octanol–water partition coefficient (Wildman–Crippen LogP) is 1.56. The van der Waals surface area contributed by atoms with E-state index in [2.05, 4.69) is 20.7 Å². The first kappa shape index (κ1) is 15.6. The normalized spacial score (nSPS) is 21.1. The maximum Gasteiger partial charge on any atom is 0.251 e. The Bertz CT molecular complexity index is 659. The second-order valence-corrected chi connectivity index (χ2v) is 5.86. The van der Waals surface area contributed by atoms with Crippen LogP contribution in [-0.2, 0) is 11.8 Å². The van der Waals surface area contributed by atoms with Crippen molar-refractivity contribution in [2.45, 2.75) is 37.8 Å². The van der Waals surface area contributed by atoms with Crippen LogP contribution in [0.2, 0.25) is 0 Å². The van der Waals surface area contributed by atoms with Gasteiger partial charge in [0.25, 0.3) is 5.91 Å². The summed E-state index contributed by atoms with van der Waals surface area (Å²) in [6.45, 7) is 0. The van der Waals surface area contributed by atoms with Crippen LogP contribution < -0.4 is 5.32 Å². The van der Waals surface area contributed by atoms with E-state index in [4.69, 9.17) is 4.74 Å². The summed E-state index contributed by atoms with van der Waals surface area (Å²) in [6.07, 6.45) is 4.26. The van der Waals surface area contributed by atoms with Crippen molar-refractivity contribution in [2.75, 3.05) is 7.11 Å². The van der Waals surface area contributed by atoms with Gasteiger partial charge in [-0.1, -0.05) is 12.1 Å². The number of hydrogen-bond acceptors (Lipinski definition) is 5. The van der Waals surface area contributed by atoms with Gasteiger partial charge in [0.2, 0.25) is 5.82 Å². The molecular formula is C16H21N5O2. The number of carbonyl (C=O) groups excluding carboxylic acids is 1. The highest BCUT2D eigenvalue weighted by Crippen LogP contribution is 2.21. The average molecular weight is 315 g/mol. The van der Waals surface area contributed by atoms with Crippen LogP contribution in [0.4, 0.5) is 0 Å². The Labute approximate surface area is 135 Å². The van der Waals surface area contributed by atoms with E-state index in [-0.39, 0.29) is 11.9 Å². The number of benzene rings is 1. The summed E-state index contributed by atoms with van der Waals surface area (Å²) in [6, 6.07) is 7.50. The highest BCUT2D eigenvalue weighted by Gasteiger charge is 2.22. The molecule has 1 amide bonds. The number of carbonyl (C=O) groups is 1. The number of aryl methyl sites for hydroxylation is 1. The molecule has 122 valence electrons. The molecule has 0 spiro atoms. The summed E-state index contributed by atoms with van der Waals surface area (Å²) in [5.74, 6) is 0.516. The van der Waals surface area contributed by atoms with Gasteiger partial charge < -0.3 is 10.1 Å². The Balaban J connectivity index is 1.60. The van der Waals surface area contributed by atoms with Gasteiger partial charge >= 0.3 is 0 Å². The van der Waals surface area contributed by atoms with Crippen molar-refractivity contribution in [3.05, 3.63) is 29.8 Å². The second-order valence-electron chi connectivity index (χ2n) is 5.86. The molecule has 1 fully saturated rings. The van der Waals surface area contributed by atoms with Gasteiger partial charge in [0.15, 0.2) is 0 Å². The Morgan fingerprint density at radius 2 is 1.91 bits per heavy atom. The third-order valence-corrected chi connectivity index (χ3v) is 4.26. The molecule has 23 heavy (non-hydrogen) atoms. The molecule has 0 atom stereocenters. The summed E-state index contributed by atoms with van der Waals surface area (Å²) in [5, 5.41) is 15.0. The fourth-order valence-electron chi connectivity index (χ4n) is 2.88. The van der Waals surface area contributed by atoms with Crippen LogP contribution in [0, 0.1) is 0 Å². The van der Waals surface area contributed by atoms with Crippen molar-refractivity contribution < 1.29 is 9.53 Å². The third kappa shape index (κ3) is 3.73. The fraction of sp³-hybridized carbons (Fsp3) is 0.500. The lowest BCUT2D eigenvalue weighted by Gasteiger charge is -2.28. The number of nitrogens with zero attached hydrogens (tertiary/aromatic N) is 4. The zero-order valence-electron chi connectivity index (χ0n) is 13.4. The number of tetrazole rings is 1. The van der Waals surface area contributed by atoms with Gasteiger partial charge in [-0.2, -0.15) is 4.80 Å². The standard InChI is InChI=1S/C16H21N5O2/c1-21-19-15(18-20-21)11-3-5-12(6-4-11)16(22)17-13-7-9-14(23-2)10-8-13/h3-6,13-14H,7-10H2,1-2H3,(H,17,22). The van der Waals surface area contributed by atoms with Crippen molar-refractivity contribution in [2.24, 2.45) is 7.05 Å². The molecule has 0 saturated heterocycles. The molecule has 7 nitrogen and oxygen atoms in total. The van der Waals surface area contributed by atoms with Crippen LogP contribution in [0.25, 0.3) is 11.4 Å². The smallest absolute Gasteiger partial charge is 0.251 e. The van der Waals surface area contributed by atoms with E-state index in [1.165, 1.54) is 4.80 Å². The maximum absolute atomic E-state index is 12.3. The van der Waals surface area contributed by atoms with Gasteiger partial charge in [-0.15, -0.1) is 10.2 Å². The van der Waals surface area contributed by atoms with Crippen LogP contribution in [0.3, 0.4) is 0 Å². The van der Waals surface area contributed by atoms with Gasteiger partial charge in [0.05, 0.1) is 13.2 Å². The van der Waals surface area contributed by atoms with E-state index in [9.17, 15) is 4.79 Å². The molecule has 1 aliphatic carbocycles. The van der Waals surface area contributed by atoms with Crippen LogP contribution in [0.15, 0.2) is 24.3 Å². The number of nitrogens with one attached hydrogen (secondary N) is 1. The van der Waals surface area contributed by atoms with Gasteiger partial charge in [-0.25, -0.2) is 0 Å². The quantitative estimate of drug-likeness (QED) is 0.926. The number of rotatable bonds is 4. The molecule has 1 aromatic heterocycles. The minimum Gasteiger partial charge on any atom is -0.381 e. The molecule has 1 aliphatic rings. The lowest BCUT2D eigenvalue weighted by Crippen LogP contribution is -2.38. The van der Waals surface area contributed by atoms with E-state index in [0.29, 0.717) is 17.5 Å². The molecule has 0 radical (unpaired) electrons. The maximum atomic E-state index is 12.3.